The molecule has 3 heteroatoms. The van der Waals surface area contributed by atoms with Crippen LogP contribution in [0.5, 0.6) is 0 Å². The van der Waals surface area contributed by atoms with E-state index in [4.69, 9.17) is 4.42 Å². The van der Waals surface area contributed by atoms with E-state index in [-0.39, 0.29) is 0 Å². The average molecular weight is 703 g/mol. The molecule has 11 aromatic rings. The fourth-order valence-corrected chi connectivity index (χ4v) is 9.27. The molecule has 8 aromatic carbocycles. The highest BCUT2D eigenvalue weighted by Crippen LogP contribution is 2.40. The molecule has 0 spiro atoms. The van der Waals surface area contributed by atoms with E-state index in [2.05, 4.69) is 191 Å². The Morgan fingerprint density at radius 2 is 1.07 bits per heavy atom. The summed E-state index contributed by atoms with van der Waals surface area (Å²) in [5, 5.41) is 9.80. The van der Waals surface area contributed by atoms with Crippen LogP contribution >= 0.6 is 0 Å². The molecule has 3 heterocycles. The van der Waals surface area contributed by atoms with Gasteiger partial charge in [-0.25, -0.2) is 0 Å². The normalized spacial score (nSPS) is 12.9. The molecule has 0 saturated heterocycles. The van der Waals surface area contributed by atoms with E-state index >= 15 is 0 Å². The molecular weight excluding hydrogens is 669 g/mol. The number of benzene rings is 8. The molecule has 0 atom stereocenters. The van der Waals surface area contributed by atoms with E-state index in [1.54, 1.807) is 0 Å². The van der Waals surface area contributed by atoms with Crippen LogP contribution in [0.25, 0.3) is 111 Å². The zero-order valence-corrected chi connectivity index (χ0v) is 30.0. The Labute approximate surface area is 316 Å². The lowest BCUT2D eigenvalue weighted by molar-refractivity contribution is 0.572. The van der Waals surface area contributed by atoms with Crippen molar-refractivity contribution in [1.29, 1.82) is 0 Å². The molecule has 258 valence electrons. The van der Waals surface area contributed by atoms with E-state index in [1.807, 2.05) is 0 Å². The number of nitrogens with zero attached hydrogens (tertiary/aromatic N) is 2. The lowest BCUT2D eigenvalue weighted by atomic mass is 9.96. The second kappa shape index (κ2) is 11.7. The smallest absolute Gasteiger partial charge is 0.138 e. The maximum Gasteiger partial charge on any atom is 0.138 e. The number of furan rings is 1. The highest BCUT2D eigenvalue weighted by molar-refractivity contribution is 6.13. The van der Waals surface area contributed by atoms with Gasteiger partial charge in [0.1, 0.15) is 11.0 Å². The van der Waals surface area contributed by atoms with Gasteiger partial charge in [-0.3, -0.25) is 0 Å². The van der Waals surface area contributed by atoms with Gasteiger partial charge >= 0.3 is 0 Å². The molecule has 0 saturated carbocycles. The van der Waals surface area contributed by atoms with Crippen molar-refractivity contribution in [2.45, 2.75) is 12.8 Å². The number of hydrogen-bond acceptors (Lipinski definition) is 1. The van der Waals surface area contributed by atoms with E-state index < -0.39 is 0 Å². The highest BCUT2D eigenvalue weighted by atomic mass is 16.3. The van der Waals surface area contributed by atoms with Crippen LogP contribution in [-0.4, -0.2) is 9.13 Å². The summed E-state index contributed by atoms with van der Waals surface area (Å²) in [6.07, 6.45) is 6.62. The second-order valence-corrected chi connectivity index (χ2v) is 14.8. The Morgan fingerprint density at radius 3 is 1.95 bits per heavy atom. The molecule has 1 aliphatic carbocycles. The first-order valence-electron chi connectivity index (χ1n) is 19.2. The first kappa shape index (κ1) is 30.4. The Kier molecular flexibility index (Phi) is 6.46. The van der Waals surface area contributed by atoms with Crippen molar-refractivity contribution in [2.24, 2.45) is 0 Å². The summed E-state index contributed by atoms with van der Waals surface area (Å²) in [7, 11) is 0. The number of aromatic nitrogens is 2. The third-order valence-electron chi connectivity index (χ3n) is 11.7. The van der Waals surface area contributed by atoms with Gasteiger partial charge in [0.2, 0.25) is 0 Å². The fraction of sp³-hybridized carbons (Fsp3) is 0.0385. The molecule has 0 amide bonds. The molecule has 0 radical (unpaired) electrons. The fourth-order valence-electron chi connectivity index (χ4n) is 9.27. The van der Waals surface area contributed by atoms with Crippen molar-refractivity contribution in [3.8, 4) is 33.6 Å². The topological polar surface area (TPSA) is 23.0 Å². The summed E-state index contributed by atoms with van der Waals surface area (Å²) in [4.78, 5) is 0. The molecule has 3 nitrogen and oxygen atoms in total. The summed E-state index contributed by atoms with van der Waals surface area (Å²) in [5.41, 5.74) is 13.7. The molecular formula is C52H34N2O. The summed E-state index contributed by atoms with van der Waals surface area (Å²) in [6.45, 7) is 0. The number of fused-ring (bicyclic) bond motifs is 10. The summed E-state index contributed by atoms with van der Waals surface area (Å²) >= 11 is 0. The molecule has 0 bridgehead atoms. The van der Waals surface area contributed by atoms with Crippen LogP contribution in [0.1, 0.15) is 12.8 Å². The van der Waals surface area contributed by atoms with Crippen molar-refractivity contribution in [3.05, 3.63) is 180 Å². The van der Waals surface area contributed by atoms with Gasteiger partial charge in [-0.15, -0.1) is 0 Å². The molecule has 12 rings (SSSR count). The van der Waals surface area contributed by atoms with Crippen molar-refractivity contribution in [2.75, 3.05) is 0 Å². The lowest BCUT2D eigenvalue weighted by Gasteiger charge is -2.14. The van der Waals surface area contributed by atoms with Gasteiger partial charge in [-0.2, -0.15) is 0 Å². The van der Waals surface area contributed by atoms with Crippen LogP contribution in [0.4, 0.5) is 0 Å². The predicted molar refractivity (Wildman–Crippen MR) is 231 cm³/mol. The third-order valence-corrected chi connectivity index (χ3v) is 11.7. The predicted octanol–water partition coefficient (Wildman–Crippen LogP) is 12.5. The number of para-hydroxylation sites is 3. The minimum Gasteiger partial charge on any atom is -0.456 e. The van der Waals surface area contributed by atoms with Crippen molar-refractivity contribution in [3.63, 3.8) is 0 Å². The maximum absolute atomic E-state index is 6.73. The van der Waals surface area contributed by atoms with E-state index in [9.17, 15) is 0 Å². The largest absolute Gasteiger partial charge is 0.456 e. The van der Waals surface area contributed by atoms with Gasteiger partial charge in [0, 0.05) is 32.5 Å². The van der Waals surface area contributed by atoms with Crippen LogP contribution in [0.15, 0.2) is 174 Å². The minimum absolute atomic E-state index is 0.919. The molecule has 0 aliphatic heterocycles. The molecule has 3 aromatic heterocycles. The Morgan fingerprint density at radius 1 is 0.418 bits per heavy atom. The summed E-state index contributed by atoms with van der Waals surface area (Å²) in [5.74, 6) is 0. The summed E-state index contributed by atoms with van der Waals surface area (Å²) < 4.78 is 11.6. The van der Waals surface area contributed by atoms with Crippen LogP contribution in [0.2, 0.25) is 0 Å². The maximum atomic E-state index is 6.73. The Hall–Kier alpha value is -7.10. The van der Waals surface area contributed by atoms with Crippen molar-refractivity contribution < 1.29 is 4.42 Å². The standard InChI is InChI=1S/C52H34N2O/c1-2-15-37(16-3-1)53-45-22-9-7-19-41(45)44-29-34(26-28-47(44)53)35-25-27-42-40-18-6-10-23-46(40)54(48(42)30-35)49-31-36(39-21-12-14-33-13-4-5-17-38(33)39)32-51-52(49)43-20-8-11-24-50(43)55-51/h1-7,9-10,12-32H,8,11H2. The monoisotopic (exact) mass is 702 g/mol. The average Bonchev–Trinajstić information content (AvgIpc) is 3.90. The van der Waals surface area contributed by atoms with E-state index in [1.165, 1.54) is 82.0 Å². The van der Waals surface area contributed by atoms with Crippen molar-refractivity contribution >= 4 is 77.5 Å². The van der Waals surface area contributed by atoms with Gasteiger partial charge < -0.3 is 13.6 Å². The SMILES string of the molecule is C1=c2oc3cc(-c4cccc5ccccc45)cc(-n4c5ccccc5c5ccc(-c6ccc7c(c6)c6ccccc6n7-c6ccccc6)cc54)c3c2=CCC1. The minimum atomic E-state index is 0.919. The lowest BCUT2D eigenvalue weighted by Crippen LogP contribution is -2.22. The Bertz CT molecular complexity index is 3480. The molecule has 0 N–H and O–H groups in total. The highest BCUT2D eigenvalue weighted by Gasteiger charge is 2.21. The van der Waals surface area contributed by atoms with Crippen LogP contribution in [0, 0.1) is 0 Å². The quantitative estimate of drug-likeness (QED) is 0.179. The van der Waals surface area contributed by atoms with Gasteiger partial charge in [-0.05, 0) is 107 Å². The zero-order valence-electron chi connectivity index (χ0n) is 30.0. The third kappa shape index (κ3) is 4.50. The van der Waals surface area contributed by atoms with Gasteiger partial charge in [0.25, 0.3) is 0 Å². The van der Waals surface area contributed by atoms with Gasteiger partial charge in [0.05, 0.1) is 33.1 Å². The first-order chi connectivity index (χ1) is 27.3. The van der Waals surface area contributed by atoms with Crippen LogP contribution in [-0.2, 0) is 0 Å². The van der Waals surface area contributed by atoms with E-state index in [0.29, 0.717) is 0 Å². The molecule has 55 heavy (non-hydrogen) atoms. The second-order valence-electron chi connectivity index (χ2n) is 14.8. The zero-order chi connectivity index (χ0) is 36.0. The van der Waals surface area contributed by atoms with Crippen LogP contribution < -0.4 is 10.6 Å². The number of rotatable bonds is 4. The number of hydrogen-bond donors (Lipinski definition) is 0. The molecule has 0 fully saturated rings. The molecule has 1 aliphatic rings. The van der Waals surface area contributed by atoms with E-state index in [0.717, 1.165) is 40.5 Å². The first-order valence-corrected chi connectivity index (χ1v) is 19.2. The van der Waals surface area contributed by atoms with Crippen LogP contribution in [0.3, 0.4) is 0 Å². The van der Waals surface area contributed by atoms with Gasteiger partial charge in [-0.1, -0.05) is 121 Å². The molecule has 0 unspecified atom stereocenters. The summed E-state index contributed by atoms with van der Waals surface area (Å²) in [6, 6.07) is 62.1. The van der Waals surface area contributed by atoms with Crippen molar-refractivity contribution in [1.82, 2.24) is 9.13 Å². The Balaban J connectivity index is 1.14. The van der Waals surface area contributed by atoms with Gasteiger partial charge in [0.15, 0.2) is 0 Å².